The smallest absolute Gasteiger partial charge is 0.425 e. The van der Waals surface area contributed by atoms with Gasteiger partial charge in [0.25, 0.3) is 5.88 Å². The van der Waals surface area contributed by atoms with E-state index in [0.29, 0.717) is 16.9 Å². The zero-order valence-corrected chi connectivity index (χ0v) is 30.0. The van der Waals surface area contributed by atoms with Gasteiger partial charge in [-0.2, -0.15) is 9.97 Å². The molecule has 1 aliphatic heterocycles. The largest absolute Gasteiger partial charge is 0.454 e. The van der Waals surface area contributed by atoms with E-state index in [1.165, 1.54) is 22.7 Å². The quantitative estimate of drug-likeness (QED) is 0.0923. The van der Waals surface area contributed by atoms with Crippen LogP contribution in [0.4, 0.5) is 22.1 Å². The molecular weight excluding hydrogens is 707 g/mol. The number of amides is 2. The van der Waals surface area contributed by atoms with Crippen molar-refractivity contribution < 1.29 is 46.9 Å². The number of nitrogens with zero attached hydrogens (tertiary/aromatic N) is 5. The highest BCUT2D eigenvalue weighted by molar-refractivity contribution is 7.53. The van der Waals surface area contributed by atoms with Crippen molar-refractivity contribution >= 4 is 54.1 Å². The van der Waals surface area contributed by atoms with Gasteiger partial charge in [0.1, 0.15) is 0 Å². The Hall–Kier alpha value is -5.51. The second kappa shape index (κ2) is 16.9. The lowest BCUT2D eigenvalue weighted by Crippen LogP contribution is -2.29. The fraction of sp³-hybridized carbons (Fsp3) is 0.278. The monoisotopic (exact) mass is 744 g/mol. The van der Waals surface area contributed by atoms with Crippen LogP contribution < -0.4 is 15.0 Å². The third kappa shape index (κ3) is 8.93. The number of ether oxygens (including phenoxy) is 4. The van der Waals surface area contributed by atoms with Gasteiger partial charge in [-0.1, -0.05) is 54.6 Å². The molecule has 3 aromatic carbocycles. The first kappa shape index (κ1) is 37.3. The number of carbonyl (C=O) groups excluding carboxylic acids is 3. The number of hydrogen-bond acceptors (Lipinski definition) is 13. The maximum atomic E-state index is 13.9. The van der Waals surface area contributed by atoms with Crippen LogP contribution in [-0.4, -0.2) is 69.4 Å². The highest BCUT2D eigenvalue weighted by Crippen LogP contribution is 2.49. The van der Waals surface area contributed by atoms with Crippen LogP contribution in [0.5, 0.6) is 5.88 Å². The van der Waals surface area contributed by atoms with Gasteiger partial charge in [-0.05, 0) is 50.2 Å². The van der Waals surface area contributed by atoms with Gasteiger partial charge in [0.2, 0.25) is 11.9 Å². The maximum Gasteiger partial charge on any atom is 0.425 e. The summed E-state index contributed by atoms with van der Waals surface area (Å²) in [6, 6.07) is 26.1. The third-order valence-corrected chi connectivity index (χ3v) is 9.49. The van der Waals surface area contributed by atoms with Crippen molar-refractivity contribution in [3.63, 3.8) is 0 Å². The van der Waals surface area contributed by atoms with E-state index in [1.54, 1.807) is 92.7 Å². The Bertz CT molecular complexity index is 2040. The first-order chi connectivity index (χ1) is 25.7. The molecule has 3 atom stereocenters. The Morgan fingerprint density at radius 1 is 0.906 bits per heavy atom. The van der Waals surface area contributed by atoms with E-state index in [-0.39, 0.29) is 42.6 Å². The number of anilines is 3. The average molecular weight is 745 g/mol. The molecule has 0 radical (unpaired) electrons. The fourth-order valence-corrected chi connectivity index (χ4v) is 6.89. The number of nitrogens with one attached hydrogen (secondary N) is 1. The lowest BCUT2D eigenvalue weighted by atomic mass is 10.2. The van der Waals surface area contributed by atoms with Crippen molar-refractivity contribution in [3.8, 4) is 5.88 Å². The zero-order valence-electron chi connectivity index (χ0n) is 29.1. The van der Waals surface area contributed by atoms with E-state index in [0.717, 1.165) is 0 Å². The number of benzene rings is 3. The number of hydrogen-bond donors (Lipinski definition) is 1. The Kier molecular flexibility index (Phi) is 11.9. The number of rotatable bonds is 14. The van der Waals surface area contributed by atoms with Crippen LogP contribution in [0.3, 0.4) is 0 Å². The SMILES string of the molecule is CCOP(=O)(CO[C@@H]1C[C@H](OC(=O)c2ccccc2)[C@H](n2cnc3c(OC(=O)N(c4ccccc4)c4ccccc4)nc(NC(C)=O)nc32)O1)OCC. The summed E-state index contributed by atoms with van der Waals surface area (Å²) in [7, 11) is -3.62. The van der Waals surface area contributed by atoms with Gasteiger partial charge in [0.15, 0.2) is 36.1 Å². The molecule has 1 N–H and O–H groups in total. The van der Waals surface area contributed by atoms with Gasteiger partial charge in [-0.15, -0.1) is 0 Å². The van der Waals surface area contributed by atoms with Crippen molar-refractivity contribution in [1.82, 2.24) is 19.5 Å². The molecular formula is C36H37N6O10P. The molecule has 1 aliphatic rings. The molecule has 1 fully saturated rings. The minimum atomic E-state index is -3.62. The lowest BCUT2D eigenvalue weighted by molar-refractivity contribution is -0.146. The summed E-state index contributed by atoms with van der Waals surface area (Å²) in [6.07, 6.45) is -3.02. The Morgan fingerprint density at radius 3 is 2.09 bits per heavy atom. The van der Waals surface area contributed by atoms with Crippen LogP contribution in [0.25, 0.3) is 11.2 Å². The Balaban J connectivity index is 1.36. The molecule has 17 heteroatoms. The number of fused-ring (bicyclic) bond motifs is 1. The molecule has 0 saturated carbocycles. The second-order valence-electron chi connectivity index (χ2n) is 11.5. The normalized spacial score (nSPS) is 17.0. The average Bonchev–Trinajstić information content (AvgIpc) is 3.76. The zero-order chi connectivity index (χ0) is 37.4. The Morgan fingerprint density at radius 2 is 1.51 bits per heavy atom. The van der Waals surface area contributed by atoms with E-state index >= 15 is 0 Å². The van der Waals surface area contributed by atoms with E-state index < -0.39 is 50.5 Å². The lowest BCUT2D eigenvalue weighted by Gasteiger charge is -2.22. The van der Waals surface area contributed by atoms with Gasteiger partial charge in [-0.25, -0.2) is 19.5 Å². The fourth-order valence-electron chi connectivity index (χ4n) is 5.53. The molecule has 0 spiro atoms. The van der Waals surface area contributed by atoms with Gasteiger partial charge in [0.05, 0.1) is 36.5 Å². The molecule has 5 aromatic rings. The summed E-state index contributed by atoms with van der Waals surface area (Å²) in [4.78, 5) is 54.0. The van der Waals surface area contributed by atoms with Crippen molar-refractivity contribution in [1.29, 1.82) is 0 Å². The molecule has 0 bridgehead atoms. The van der Waals surface area contributed by atoms with Crippen LogP contribution in [0.2, 0.25) is 0 Å². The summed E-state index contributed by atoms with van der Waals surface area (Å²) in [5.74, 6) is -1.58. The van der Waals surface area contributed by atoms with Gasteiger partial charge in [-0.3, -0.25) is 19.2 Å². The van der Waals surface area contributed by atoms with Crippen molar-refractivity contribution in [3.05, 3.63) is 103 Å². The first-order valence-electron chi connectivity index (χ1n) is 16.7. The predicted octanol–water partition coefficient (Wildman–Crippen LogP) is 6.83. The van der Waals surface area contributed by atoms with Crippen LogP contribution in [0.1, 0.15) is 43.8 Å². The standard InChI is InChI=1S/C36H37N6O10P/c1-4-48-53(46,49-5-2)23-47-29-21-28(50-34(44)25-15-9-6-10-16-25)33(51-29)41-22-37-30-31(41)39-35(38-24(3)43)40-32(30)52-36(45)42(26-17-11-7-12-18-26)27-19-13-8-14-20-27/h6-20,22,28-29,33H,4-5,21,23H2,1-3H3,(H,38,39,40,43)/t28-,29-,33+/m0/s1. The van der Waals surface area contributed by atoms with Crippen molar-refractivity contribution in [2.45, 2.75) is 45.8 Å². The van der Waals surface area contributed by atoms with Crippen LogP contribution in [0.15, 0.2) is 97.3 Å². The summed E-state index contributed by atoms with van der Waals surface area (Å²) < 4.78 is 49.2. The number of para-hydroxylation sites is 2. The van der Waals surface area contributed by atoms with Crippen LogP contribution >= 0.6 is 7.60 Å². The first-order valence-corrected chi connectivity index (χ1v) is 18.5. The summed E-state index contributed by atoms with van der Waals surface area (Å²) in [5.41, 5.74) is 1.45. The minimum Gasteiger partial charge on any atom is -0.454 e. The molecule has 0 aliphatic carbocycles. The van der Waals surface area contributed by atoms with Crippen molar-refractivity contribution in [2.75, 3.05) is 29.8 Å². The molecule has 0 unspecified atom stereocenters. The molecule has 6 rings (SSSR count). The Labute approximate surface area is 304 Å². The van der Waals surface area contributed by atoms with E-state index in [2.05, 4.69) is 20.3 Å². The number of esters is 1. The maximum absolute atomic E-state index is 13.9. The predicted molar refractivity (Wildman–Crippen MR) is 192 cm³/mol. The van der Waals surface area contributed by atoms with E-state index in [4.69, 9.17) is 28.0 Å². The number of imidazole rings is 1. The molecule has 53 heavy (non-hydrogen) atoms. The topological polar surface area (TPSA) is 183 Å². The van der Waals surface area contributed by atoms with E-state index in [9.17, 15) is 18.9 Å². The number of aromatic nitrogens is 4. The summed E-state index contributed by atoms with van der Waals surface area (Å²) in [6.45, 7) is 4.89. The van der Waals surface area contributed by atoms with Crippen LogP contribution in [0, 0.1) is 0 Å². The molecule has 2 amide bonds. The van der Waals surface area contributed by atoms with Gasteiger partial charge < -0.3 is 28.0 Å². The van der Waals surface area contributed by atoms with Crippen molar-refractivity contribution in [2.24, 2.45) is 0 Å². The highest BCUT2D eigenvalue weighted by atomic mass is 31.2. The van der Waals surface area contributed by atoms with Gasteiger partial charge >= 0.3 is 19.7 Å². The van der Waals surface area contributed by atoms with Gasteiger partial charge in [0, 0.05) is 13.3 Å². The minimum absolute atomic E-state index is 0.00968. The molecule has 2 aromatic heterocycles. The number of carbonyl (C=O) groups is 3. The highest BCUT2D eigenvalue weighted by Gasteiger charge is 2.42. The molecule has 16 nitrogen and oxygen atoms in total. The third-order valence-electron chi connectivity index (χ3n) is 7.72. The van der Waals surface area contributed by atoms with Crippen LogP contribution in [-0.2, 0) is 32.6 Å². The van der Waals surface area contributed by atoms with E-state index in [1.807, 2.05) is 12.1 Å². The molecule has 1 saturated heterocycles. The molecule has 276 valence electrons. The summed E-state index contributed by atoms with van der Waals surface area (Å²) in [5, 5.41) is 2.53. The second-order valence-corrected chi connectivity index (χ2v) is 13.5. The summed E-state index contributed by atoms with van der Waals surface area (Å²) >= 11 is 0. The molecule has 3 heterocycles.